The molecule has 0 heterocycles. The summed E-state index contributed by atoms with van der Waals surface area (Å²) < 4.78 is 31.1. The molecule has 1 aromatic carbocycles. The van der Waals surface area contributed by atoms with Crippen molar-refractivity contribution in [2.75, 3.05) is 18.8 Å². The van der Waals surface area contributed by atoms with E-state index in [-0.39, 0.29) is 11.8 Å². The first-order valence-corrected chi connectivity index (χ1v) is 8.85. The minimum absolute atomic E-state index is 0.0282. The standard InChI is InChI=1S/C16H25NO3S/c1-4-5-11-17(12-13-21(18,19)20)16(14(2)3)15-9-7-6-8-10-15/h6-10,16H,2,4-5,11-13H2,1,3H3,(H,18,19,20). The molecule has 1 rings (SSSR count). The van der Waals surface area contributed by atoms with Crippen molar-refractivity contribution in [1.29, 1.82) is 0 Å². The Balaban J connectivity index is 2.97. The van der Waals surface area contributed by atoms with Crippen molar-refractivity contribution < 1.29 is 13.0 Å². The molecule has 1 atom stereocenters. The van der Waals surface area contributed by atoms with Crippen molar-refractivity contribution in [3.05, 3.63) is 48.0 Å². The van der Waals surface area contributed by atoms with Crippen LogP contribution in [0.1, 0.15) is 38.3 Å². The maximum Gasteiger partial charge on any atom is 0.266 e. The van der Waals surface area contributed by atoms with Crippen LogP contribution in [0, 0.1) is 0 Å². The summed E-state index contributed by atoms with van der Waals surface area (Å²) in [4.78, 5) is 2.08. The van der Waals surface area contributed by atoms with Gasteiger partial charge >= 0.3 is 0 Å². The Labute approximate surface area is 128 Å². The number of rotatable bonds is 9. The number of hydrogen-bond donors (Lipinski definition) is 1. The van der Waals surface area contributed by atoms with Crippen LogP contribution in [0.2, 0.25) is 0 Å². The van der Waals surface area contributed by atoms with Crippen molar-refractivity contribution in [3.63, 3.8) is 0 Å². The van der Waals surface area contributed by atoms with E-state index in [2.05, 4.69) is 18.4 Å². The predicted octanol–water partition coefficient (Wildman–Crippen LogP) is 3.29. The summed E-state index contributed by atoms with van der Waals surface area (Å²) in [5.41, 5.74) is 2.06. The van der Waals surface area contributed by atoms with Gasteiger partial charge in [0, 0.05) is 6.54 Å². The van der Waals surface area contributed by atoms with Crippen LogP contribution in [-0.4, -0.2) is 36.7 Å². The van der Waals surface area contributed by atoms with Crippen LogP contribution in [0.5, 0.6) is 0 Å². The molecule has 0 aliphatic rings. The van der Waals surface area contributed by atoms with E-state index in [0.29, 0.717) is 6.54 Å². The molecule has 1 N–H and O–H groups in total. The van der Waals surface area contributed by atoms with E-state index in [9.17, 15) is 8.42 Å². The fourth-order valence-electron chi connectivity index (χ4n) is 2.41. The lowest BCUT2D eigenvalue weighted by molar-refractivity contribution is 0.230. The molecule has 0 aliphatic heterocycles. The normalized spacial score (nSPS) is 13.3. The lowest BCUT2D eigenvalue weighted by Gasteiger charge is -2.32. The molecule has 118 valence electrons. The topological polar surface area (TPSA) is 57.6 Å². The second kappa shape index (κ2) is 8.32. The Morgan fingerprint density at radius 2 is 1.90 bits per heavy atom. The van der Waals surface area contributed by atoms with E-state index in [4.69, 9.17) is 4.55 Å². The number of benzene rings is 1. The van der Waals surface area contributed by atoms with Crippen molar-refractivity contribution in [2.45, 2.75) is 32.7 Å². The van der Waals surface area contributed by atoms with E-state index in [1.807, 2.05) is 37.3 Å². The molecule has 0 fully saturated rings. The van der Waals surface area contributed by atoms with E-state index in [1.54, 1.807) is 0 Å². The summed E-state index contributed by atoms with van der Waals surface area (Å²) in [6.07, 6.45) is 2.00. The second-order valence-corrected chi connectivity index (χ2v) is 6.91. The van der Waals surface area contributed by atoms with Crippen LogP contribution in [0.25, 0.3) is 0 Å². The highest BCUT2D eigenvalue weighted by atomic mass is 32.2. The third kappa shape index (κ3) is 6.42. The summed E-state index contributed by atoms with van der Waals surface area (Å²) in [5.74, 6) is -0.257. The molecule has 0 bridgehead atoms. The molecule has 21 heavy (non-hydrogen) atoms. The molecule has 4 nitrogen and oxygen atoms in total. The van der Waals surface area contributed by atoms with E-state index in [1.165, 1.54) is 0 Å². The van der Waals surface area contributed by atoms with Gasteiger partial charge in [0.05, 0.1) is 11.8 Å². The van der Waals surface area contributed by atoms with Crippen LogP contribution in [-0.2, 0) is 10.1 Å². The number of hydrogen-bond acceptors (Lipinski definition) is 3. The molecule has 0 aliphatic carbocycles. The largest absolute Gasteiger partial charge is 0.292 e. The van der Waals surface area contributed by atoms with Gasteiger partial charge in [-0.1, -0.05) is 55.8 Å². The monoisotopic (exact) mass is 311 g/mol. The Hall–Kier alpha value is -1.17. The molecule has 5 heteroatoms. The van der Waals surface area contributed by atoms with Gasteiger partial charge in [-0.2, -0.15) is 8.42 Å². The first-order valence-electron chi connectivity index (χ1n) is 7.24. The van der Waals surface area contributed by atoms with Gasteiger partial charge in [0.25, 0.3) is 10.1 Å². The van der Waals surface area contributed by atoms with Crippen LogP contribution < -0.4 is 0 Å². The fraction of sp³-hybridized carbons (Fsp3) is 0.500. The second-order valence-electron chi connectivity index (χ2n) is 5.34. The predicted molar refractivity (Wildman–Crippen MR) is 86.9 cm³/mol. The highest BCUT2D eigenvalue weighted by molar-refractivity contribution is 7.85. The SMILES string of the molecule is C=C(C)C(c1ccccc1)N(CCCC)CCS(=O)(=O)O. The van der Waals surface area contributed by atoms with Gasteiger partial charge in [-0.15, -0.1) is 0 Å². The van der Waals surface area contributed by atoms with Crippen LogP contribution in [0.3, 0.4) is 0 Å². The molecule has 0 radical (unpaired) electrons. The fourth-order valence-corrected chi connectivity index (χ4v) is 2.87. The minimum atomic E-state index is -3.96. The number of unbranched alkanes of at least 4 members (excludes halogenated alkanes) is 1. The maximum absolute atomic E-state index is 11.0. The molecule has 0 aromatic heterocycles. The van der Waals surface area contributed by atoms with Gasteiger partial charge in [0.15, 0.2) is 0 Å². The first kappa shape index (κ1) is 17.9. The Kier molecular flexibility index (Phi) is 7.08. The smallest absolute Gasteiger partial charge is 0.266 e. The quantitative estimate of drug-likeness (QED) is 0.561. The molecular formula is C16H25NO3S. The van der Waals surface area contributed by atoms with Crippen molar-refractivity contribution >= 4 is 10.1 Å². The average Bonchev–Trinajstić information content (AvgIpc) is 2.41. The Morgan fingerprint density at radius 1 is 1.29 bits per heavy atom. The van der Waals surface area contributed by atoms with Gasteiger partial charge in [0.2, 0.25) is 0 Å². The summed E-state index contributed by atoms with van der Waals surface area (Å²) in [6, 6.07) is 9.89. The van der Waals surface area contributed by atoms with Gasteiger partial charge in [-0.3, -0.25) is 9.45 Å². The van der Waals surface area contributed by atoms with E-state index >= 15 is 0 Å². The molecular weight excluding hydrogens is 286 g/mol. The van der Waals surface area contributed by atoms with E-state index in [0.717, 1.165) is 30.5 Å². The van der Waals surface area contributed by atoms with Crippen LogP contribution >= 0.6 is 0 Å². The lowest BCUT2D eigenvalue weighted by Crippen LogP contribution is -2.34. The zero-order valence-corrected chi connectivity index (χ0v) is 13.6. The van der Waals surface area contributed by atoms with Gasteiger partial charge in [-0.05, 0) is 25.5 Å². The third-order valence-corrected chi connectivity index (χ3v) is 4.08. The first-order chi connectivity index (χ1) is 9.85. The highest BCUT2D eigenvalue weighted by Crippen LogP contribution is 2.27. The summed E-state index contributed by atoms with van der Waals surface area (Å²) in [5, 5.41) is 0. The number of nitrogens with zero attached hydrogens (tertiary/aromatic N) is 1. The van der Waals surface area contributed by atoms with Gasteiger partial charge < -0.3 is 0 Å². The Morgan fingerprint density at radius 3 is 2.38 bits per heavy atom. The molecule has 0 saturated carbocycles. The third-order valence-electron chi connectivity index (χ3n) is 3.38. The summed E-state index contributed by atoms with van der Waals surface area (Å²) >= 11 is 0. The molecule has 0 saturated heterocycles. The van der Waals surface area contributed by atoms with Crippen molar-refractivity contribution in [3.8, 4) is 0 Å². The average molecular weight is 311 g/mol. The summed E-state index contributed by atoms with van der Waals surface area (Å²) in [6.45, 7) is 9.17. The molecule has 1 unspecified atom stereocenters. The highest BCUT2D eigenvalue weighted by Gasteiger charge is 2.22. The van der Waals surface area contributed by atoms with Crippen LogP contribution in [0.4, 0.5) is 0 Å². The van der Waals surface area contributed by atoms with Crippen molar-refractivity contribution in [2.24, 2.45) is 0 Å². The zero-order chi connectivity index (χ0) is 15.9. The van der Waals surface area contributed by atoms with Gasteiger partial charge in [0.1, 0.15) is 0 Å². The Bertz CT molecular complexity index is 540. The van der Waals surface area contributed by atoms with Crippen molar-refractivity contribution in [1.82, 2.24) is 4.90 Å². The lowest BCUT2D eigenvalue weighted by atomic mass is 9.99. The summed E-state index contributed by atoms with van der Waals surface area (Å²) in [7, 11) is -3.96. The zero-order valence-electron chi connectivity index (χ0n) is 12.8. The maximum atomic E-state index is 11.0. The molecule has 1 aromatic rings. The van der Waals surface area contributed by atoms with Gasteiger partial charge in [-0.25, -0.2) is 0 Å². The minimum Gasteiger partial charge on any atom is -0.292 e. The van der Waals surface area contributed by atoms with E-state index < -0.39 is 10.1 Å². The van der Waals surface area contributed by atoms with Crippen LogP contribution in [0.15, 0.2) is 42.5 Å². The molecule has 0 spiro atoms. The molecule has 0 amide bonds.